The van der Waals surface area contributed by atoms with Crippen LogP contribution < -0.4 is 0 Å². The summed E-state index contributed by atoms with van der Waals surface area (Å²) in [6.07, 6.45) is 0.0908. The molecule has 0 N–H and O–H groups in total. The van der Waals surface area contributed by atoms with Crippen LogP contribution in [0.25, 0.3) is 0 Å². The zero-order valence-electron chi connectivity index (χ0n) is 20.7. The maximum Gasteiger partial charge on any atom is 0.289 e. The average Bonchev–Trinajstić information content (AvgIpc) is 3.34. The normalized spacial score (nSPS) is 22.0. The molecule has 2 unspecified atom stereocenters. The summed E-state index contributed by atoms with van der Waals surface area (Å²) in [5.74, 6) is 1.23. The van der Waals surface area contributed by atoms with Gasteiger partial charge in [-0.1, -0.05) is 60.7 Å². The van der Waals surface area contributed by atoms with E-state index in [9.17, 15) is 4.79 Å². The summed E-state index contributed by atoms with van der Waals surface area (Å²) in [7, 11) is 0. The van der Waals surface area contributed by atoms with Crippen molar-refractivity contribution in [3.63, 3.8) is 0 Å². The molecule has 0 bridgehead atoms. The zero-order valence-corrected chi connectivity index (χ0v) is 20.7. The highest BCUT2D eigenvalue weighted by Crippen LogP contribution is 2.29. The molecular weight excluding hydrogens is 438 g/mol. The van der Waals surface area contributed by atoms with E-state index in [-0.39, 0.29) is 24.2 Å². The lowest BCUT2D eigenvalue weighted by Crippen LogP contribution is -2.48. The van der Waals surface area contributed by atoms with Gasteiger partial charge >= 0.3 is 0 Å². The first kappa shape index (κ1) is 23.8. The Kier molecular flexibility index (Phi) is 7.32. The fourth-order valence-electron chi connectivity index (χ4n) is 5.36. The lowest BCUT2D eigenvalue weighted by atomic mass is 9.96. The van der Waals surface area contributed by atoms with Gasteiger partial charge in [-0.05, 0) is 37.1 Å². The van der Waals surface area contributed by atoms with E-state index < -0.39 is 0 Å². The Morgan fingerprint density at radius 3 is 1.97 bits per heavy atom. The second-order valence-corrected chi connectivity index (χ2v) is 9.77. The van der Waals surface area contributed by atoms with Crippen LogP contribution in [-0.4, -0.2) is 72.1 Å². The molecule has 2 aromatic carbocycles. The van der Waals surface area contributed by atoms with E-state index in [0.717, 1.165) is 38.5 Å². The fraction of sp³-hybridized carbons (Fsp3) is 0.414. The summed E-state index contributed by atoms with van der Waals surface area (Å²) in [6, 6.07) is 25.5. The smallest absolute Gasteiger partial charge is 0.289 e. The molecule has 6 heteroatoms. The van der Waals surface area contributed by atoms with Crippen molar-refractivity contribution in [2.24, 2.45) is 0 Å². The molecule has 0 spiro atoms. The number of piperazine rings is 1. The van der Waals surface area contributed by atoms with Crippen molar-refractivity contribution in [1.82, 2.24) is 14.7 Å². The topological polar surface area (TPSA) is 49.2 Å². The van der Waals surface area contributed by atoms with Crippen molar-refractivity contribution in [3.05, 3.63) is 95.4 Å². The van der Waals surface area contributed by atoms with Gasteiger partial charge in [-0.15, -0.1) is 0 Å². The molecule has 0 radical (unpaired) electrons. The molecule has 3 aromatic rings. The van der Waals surface area contributed by atoms with Crippen molar-refractivity contribution < 1.29 is 13.9 Å². The van der Waals surface area contributed by atoms with Crippen LogP contribution in [0.15, 0.2) is 77.2 Å². The fourth-order valence-corrected chi connectivity index (χ4v) is 5.36. The Morgan fingerprint density at radius 1 is 0.829 bits per heavy atom. The van der Waals surface area contributed by atoms with Gasteiger partial charge in [0, 0.05) is 39.3 Å². The molecule has 0 saturated carbocycles. The Morgan fingerprint density at radius 2 is 1.40 bits per heavy atom. The van der Waals surface area contributed by atoms with Crippen molar-refractivity contribution in [1.29, 1.82) is 0 Å². The summed E-state index contributed by atoms with van der Waals surface area (Å²) in [5.41, 5.74) is 2.65. The second kappa shape index (κ2) is 10.8. The van der Waals surface area contributed by atoms with E-state index in [1.807, 2.05) is 30.9 Å². The third-order valence-electron chi connectivity index (χ3n) is 6.96. The number of morpholine rings is 1. The van der Waals surface area contributed by atoms with E-state index in [4.69, 9.17) is 9.15 Å². The number of furan rings is 1. The Bertz CT molecular complexity index is 1040. The Balaban J connectivity index is 1.20. The van der Waals surface area contributed by atoms with E-state index in [1.54, 1.807) is 0 Å². The molecule has 1 amide bonds. The van der Waals surface area contributed by atoms with Gasteiger partial charge in [-0.25, -0.2) is 0 Å². The van der Waals surface area contributed by atoms with Gasteiger partial charge in [0.1, 0.15) is 5.76 Å². The summed E-state index contributed by atoms with van der Waals surface area (Å²) in [6.45, 7) is 9.80. The number of carbonyl (C=O) groups is 1. The molecule has 35 heavy (non-hydrogen) atoms. The van der Waals surface area contributed by atoms with Crippen molar-refractivity contribution in [3.8, 4) is 0 Å². The predicted octanol–water partition coefficient (Wildman–Crippen LogP) is 4.44. The molecule has 6 nitrogen and oxygen atoms in total. The van der Waals surface area contributed by atoms with Crippen LogP contribution in [-0.2, 0) is 11.3 Å². The average molecular weight is 474 g/mol. The number of nitrogens with zero attached hydrogens (tertiary/aromatic N) is 3. The first-order valence-electron chi connectivity index (χ1n) is 12.7. The highest BCUT2D eigenvalue weighted by atomic mass is 16.5. The predicted molar refractivity (Wildman–Crippen MR) is 136 cm³/mol. The van der Waals surface area contributed by atoms with Crippen molar-refractivity contribution in [2.45, 2.75) is 38.6 Å². The number of rotatable bonds is 6. The molecule has 184 valence electrons. The van der Waals surface area contributed by atoms with E-state index in [0.29, 0.717) is 18.8 Å². The number of amides is 1. The maximum absolute atomic E-state index is 12.9. The quantitative estimate of drug-likeness (QED) is 0.530. The van der Waals surface area contributed by atoms with Crippen LogP contribution in [0.5, 0.6) is 0 Å². The summed E-state index contributed by atoms with van der Waals surface area (Å²) in [4.78, 5) is 19.8. The third kappa shape index (κ3) is 5.67. The first-order chi connectivity index (χ1) is 17.1. The SMILES string of the molecule is CC1CN(C(=O)c2ccc(CN3CCN(C(c4ccccc4)c4ccccc4)CC3)o2)CC(C)O1. The molecule has 2 atom stereocenters. The molecule has 3 heterocycles. The zero-order chi connectivity index (χ0) is 24.2. The largest absolute Gasteiger partial charge is 0.455 e. The summed E-state index contributed by atoms with van der Waals surface area (Å²) in [5, 5.41) is 0. The minimum Gasteiger partial charge on any atom is -0.455 e. The molecule has 2 aliphatic rings. The number of carbonyl (C=O) groups excluding carboxylic acids is 1. The molecule has 2 saturated heterocycles. The molecule has 2 fully saturated rings. The standard InChI is InChI=1S/C29H35N3O3/c1-22-19-32(20-23(2)34-22)29(33)27-14-13-26(35-27)21-30-15-17-31(18-16-30)28(24-9-5-3-6-10-24)25-11-7-4-8-12-25/h3-14,22-23,28H,15-21H2,1-2H3. The highest BCUT2D eigenvalue weighted by molar-refractivity contribution is 5.91. The van der Waals surface area contributed by atoms with Crippen LogP contribution >= 0.6 is 0 Å². The van der Waals surface area contributed by atoms with Crippen molar-refractivity contribution >= 4 is 5.91 Å². The monoisotopic (exact) mass is 473 g/mol. The molecule has 0 aliphatic carbocycles. The van der Waals surface area contributed by atoms with Crippen LogP contribution in [0.1, 0.15) is 47.3 Å². The van der Waals surface area contributed by atoms with Crippen LogP contribution in [0.4, 0.5) is 0 Å². The number of ether oxygens (including phenoxy) is 1. The summed E-state index contributed by atoms with van der Waals surface area (Å²) < 4.78 is 11.8. The minimum absolute atomic E-state index is 0.0448. The molecule has 5 rings (SSSR count). The molecule has 1 aromatic heterocycles. The van der Waals surface area contributed by atoms with Gasteiger partial charge in [0.05, 0.1) is 24.8 Å². The third-order valence-corrected chi connectivity index (χ3v) is 6.96. The van der Waals surface area contributed by atoms with Gasteiger partial charge in [-0.2, -0.15) is 0 Å². The van der Waals surface area contributed by atoms with E-state index in [1.165, 1.54) is 11.1 Å². The van der Waals surface area contributed by atoms with Gasteiger partial charge in [0.25, 0.3) is 5.91 Å². The van der Waals surface area contributed by atoms with Crippen LogP contribution in [0.2, 0.25) is 0 Å². The Labute approximate surface area is 208 Å². The minimum atomic E-state index is -0.0448. The summed E-state index contributed by atoms with van der Waals surface area (Å²) >= 11 is 0. The maximum atomic E-state index is 12.9. The van der Waals surface area contributed by atoms with Crippen molar-refractivity contribution in [2.75, 3.05) is 39.3 Å². The lowest BCUT2D eigenvalue weighted by molar-refractivity contribution is -0.0592. The van der Waals surface area contributed by atoms with Gasteiger partial charge in [0.2, 0.25) is 0 Å². The lowest BCUT2D eigenvalue weighted by Gasteiger charge is -2.39. The van der Waals surface area contributed by atoms with Gasteiger partial charge < -0.3 is 14.1 Å². The molecular formula is C29H35N3O3. The highest BCUT2D eigenvalue weighted by Gasteiger charge is 2.29. The van der Waals surface area contributed by atoms with Crippen LogP contribution in [0.3, 0.4) is 0 Å². The number of hydrogen-bond acceptors (Lipinski definition) is 5. The second-order valence-electron chi connectivity index (χ2n) is 9.77. The van der Waals surface area contributed by atoms with E-state index >= 15 is 0 Å². The van der Waals surface area contributed by atoms with Gasteiger partial charge in [0.15, 0.2) is 5.76 Å². The van der Waals surface area contributed by atoms with Gasteiger partial charge in [-0.3, -0.25) is 14.6 Å². The number of hydrogen-bond donors (Lipinski definition) is 0. The van der Waals surface area contributed by atoms with Crippen LogP contribution in [0, 0.1) is 0 Å². The van der Waals surface area contributed by atoms with E-state index in [2.05, 4.69) is 70.5 Å². The number of benzene rings is 2. The molecule has 2 aliphatic heterocycles. The first-order valence-corrected chi connectivity index (χ1v) is 12.7. The Hall–Kier alpha value is -2.93.